The molecule has 0 aliphatic heterocycles. The molecule has 0 unspecified atom stereocenters. The van der Waals surface area contributed by atoms with Gasteiger partial charge >= 0.3 is 5.97 Å². The van der Waals surface area contributed by atoms with E-state index in [0.29, 0.717) is 11.7 Å². The smallest absolute Gasteiger partial charge is 0.310 e. The van der Waals surface area contributed by atoms with Gasteiger partial charge in [0.2, 0.25) is 11.9 Å². The molecule has 0 radical (unpaired) electrons. The average molecular weight is 393 g/mol. The van der Waals surface area contributed by atoms with Gasteiger partial charge in [-0.1, -0.05) is 37.3 Å². The lowest BCUT2D eigenvalue weighted by molar-refractivity contribution is -0.144. The molecule has 0 saturated heterocycles. The Labute approximate surface area is 169 Å². The van der Waals surface area contributed by atoms with Crippen LogP contribution in [0.5, 0.6) is 5.75 Å². The molecular formula is C21H23N5O3. The monoisotopic (exact) mass is 393 g/mol. The Morgan fingerprint density at radius 2 is 1.93 bits per heavy atom. The number of esters is 1. The molecule has 0 spiro atoms. The molecule has 3 rings (SSSR count). The summed E-state index contributed by atoms with van der Waals surface area (Å²) in [5, 5.41) is 3.15. The molecule has 0 amide bonds. The maximum atomic E-state index is 12.1. The Morgan fingerprint density at radius 1 is 1.10 bits per heavy atom. The third-order valence-corrected chi connectivity index (χ3v) is 4.19. The molecular weight excluding hydrogens is 370 g/mol. The minimum atomic E-state index is -0.400. The molecule has 0 fully saturated rings. The number of benzene rings is 2. The first-order chi connectivity index (χ1) is 14.1. The molecule has 0 aliphatic carbocycles. The first-order valence-corrected chi connectivity index (χ1v) is 9.21. The normalized spacial score (nSPS) is 10.4. The summed E-state index contributed by atoms with van der Waals surface area (Å²) in [6.45, 7) is 1.97. The first-order valence-electron chi connectivity index (χ1n) is 9.21. The molecule has 1 heterocycles. The summed E-state index contributed by atoms with van der Waals surface area (Å²) in [6, 6.07) is 15.1. The number of ether oxygens (including phenoxy) is 2. The van der Waals surface area contributed by atoms with E-state index in [2.05, 4.69) is 27.2 Å². The van der Waals surface area contributed by atoms with Crippen LogP contribution in [0.3, 0.4) is 0 Å². The second-order valence-electron chi connectivity index (χ2n) is 6.26. The second-order valence-corrected chi connectivity index (χ2v) is 6.26. The highest BCUT2D eigenvalue weighted by molar-refractivity contribution is 5.72. The lowest BCUT2D eigenvalue weighted by Crippen LogP contribution is -2.12. The van der Waals surface area contributed by atoms with Gasteiger partial charge in [0, 0.05) is 5.69 Å². The summed E-state index contributed by atoms with van der Waals surface area (Å²) in [4.78, 5) is 24.6. The van der Waals surface area contributed by atoms with Crippen LogP contribution in [0.15, 0.2) is 48.5 Å². The zero-order valence-electron chi connectivity index (χ0n) is 16.4. The van der Waals surface area contributed by atoms with Crippen LogP contribution in [0.2, 0.25) is 0 Å². The van der Waals surface area contributed by atoms with Crippen LogP contribution in [0, 0.1) is 0 Å². The molecule has 1 aromatic heterocycles. The van der Waals surface area contributed by atoms with E-state index in [1.165, 1.54) is 0 Å². The Kier molecular flexibility index (Phi) is 6.57. The zero-order chi connectivity index (χ0) is 20.6. The Hall–Kier alpha value is -3.68. The highest BCUT2D eigenvalue weighted by Gasteiger charge is 2.11. The highest BCUT2D eigenvalue weighted by Crippen LogP contribution is 2.19. The van der Waals surface area contributed by atoms with Crippen molar-refractivity contribution in [2.24, 2.45) is 0 Å². The number of methoxy groups -OCH3 is 1. The van der Waals surface area contributed by atoms with Crippen molar-refractivity contribution in [1.29, 1.82) is 0 Å². The van der Waals surface area contributed by atoms with E-state index in [4.69, 9.17) is 15.2 Å². The molecule has 0 aliphatic rings. The second kappa shape index (κ2) is 9.50. The Morgan fingerprint density at radius 3 is 2.72 bits per heavy atom. The fraction of sp³-hybridized carbons (Fsp3) is 0.238. The topological polar surface area (TPSA) is 112 Å². The van der Waals surface area contributed by atoms with E-state index >= 15 is 0 Å². The largest absolute Gasteiger partial charge is 0.497 e. The number of hydrogen-bond acceptors (Lipinski definition) is 8. The van der Waals surface area contributed by atoms with Crippen LogP contribution in [-0.2, 0) is 29.0 Å². The number of carbonyl (C=O) groups excluding carboxylic acids is 1. The van der Waals surface area contributed by atoms with Crippen molar-refractivity contribution in [1.82, 2.24) is 15.0 Å². The van der Waals surface area contributed by atoms with Gasteiger partial charge < -0.3 is 20.5 Å². The third kappa shape index (κ3) is 5.65. The van der Waals surface area contributed by atoms with Crippen molar-refractivity contribution in [3.63, 3.8) is 0 Å². The molecule has 0 atom stereocenters. The fourth-order valence-electron chi connectivity index (χ4n) is 2.77. The summed E-state index contributed by atoms with van der Waals surface area (Å²) in [7, 11) is 1.58. The van der Waals surface area contributed by atoms with Gasteiger partial charge in [-0.15, -0.1) is 0 Å². The number of nitrogens with two attached hydrogens (primary N) is 1. The number of aromatic nitrogens is 3. The third-order valence-electron chi connectivity index (χ3n) is 4.19. The molecule has 0 saturated carbocycles. The predicted octanol–water partition coefficient (Wildman–Crippen LogP) is 3.05. The van der Waals surface area contributed by atoms with Crippen LogP contribution >= 0.6 is 0 Å². The summed E-state index contributed by atoms with van der Waals surface area (Å²) in [5.74, 6) is 0.909. The quantitative estimate of drug-likeness (QED) is 0.562. The maximum absolute atomic E-state index is 12.1. The van der Waals surface area contributed by atoms with Crippen LogP contribution in [0.25, 0.3) is 0 Å². The minimum absolute atomic E-state index is 0.0512. The van der Waals surface area contributed by atoms with E-state index in [0.717, 1.165) is 23.2 Å². The maximum Gasteiger partial charge on any atom is 0.310 e. The van der Waals surface area contributed by atoms with Crippen molar-refractivity contribution in [2.75, 3.05) is 18.2 Å². The van der Waals surface area contributed by atoms with Crippen molar-refractivity contribution < 1.29 is 14.3 Å². The van der Waals surface area contributed by atoms with Crippen molar-refractivity contribution in [3.05, 3.63) is 65.5 Å². The van der Waals surface area contributed by atoms with Crippen LogP contribution in [0.1, 0.15) is 23.9 Å². The number of aryl methyl sites for hydroxylation is 1. The molecule has 2 aromatic carbocycles. The van der Waals surface area contributed by atoms with Gasteiger partial charge in [-0.25, -0.2) is 0 Å². The average Bonchev–Trinajstić information content (AvgIpc) is 2.72. The van der Waals surface area contributed by atoms with Crippen LogP contribution in [0.4, 0.5) is 17.6 Å². The molecule has 3 aromatic rings. The summed E-state index contributed by atoms with van der Waals surface area (Å²) in [5.41, 5.74) is 8.60. The number of nitrogens with one attached hydrogen (secondary N) is 1. The number of para-hydroxylation sites is 1. The van der Waals surface area contributed by atoms with E-state index in [1.54, 1.807) is 13.2 Å². The lowest BCUT2D eigenvalue weighted by Gasteiger charge is -2.11. The van der Waals surface area contributed by atoms with Crippen molar-refractivity contribution >= 4 is 23.6 Å². The van der Waals surface area contributed by atoms with Crippen LogP contribution in [-0.4, -0.2) is 28.0 Å². The van der Waals surface area contributed by atoms with E-state index in [9.17, 15) is 4.79 Å². The van der Waals surface area contributed by atoms with Gasteiger partial charge in [-0.3, -0.25) is 4.79 Å². The molecule has 150 valence electrons. The van der Waals surface area contributed by atoms with Crippen LogP contribution < -0.4 is 15.8 Å². The Bertz CT molecular complexity index is 994. The van der Waals surface area contributed by atoms with Gasteiger partial charge in [0.05, 0.1) is 13.5 Å². The molecule has 0 bridgehead atoms. The zero-order valence-corrected chi connectivity index (χ0v) is 16.4. The van der Waals surface area contributed by atoms with Gasteiger partial charge in [-0.2, -0.15) is 15.0 Å². The molecule has 8 heteroatoms. The van der Waals surface area contributed by atoms with E-state index in [1.807, 2.05) is 42.5 Å². The predicted molar refractivity (Wildman–Crippen MR) is 110 cm³/mol. The number of hydrogen-bond donors (Lipinski definition) is 2. The molecule has 8 nitrogen and oxygen atoms in total. The van der Waals surface area contributed by atoms with Crippen molar-refractivity contribution in [2.45, 2.75) is 26.4 Å². The minimum Gasteiger partial charge on any atom is -0.497 e. The van der Waals surface area contributed by atoms with Gasteiger partial charge in [0.25, 0.3) is 0 Å². The summed E-state index contributed by atoms with van der Waals surface area (Å²) < 4.78 is 10.5. The highest BCUT2D eigenvalue weighted by atomic mass is 16.5. The fourth-order valence-corrected chi connectivity index (χ4v) is 2.77. The lowest BCUT2D eigenvalue weighted by atomic mass is 10.1. The van der Waals surface area contributed by atoms with Gasteiger partial charge in [0.1, 0.15) is 5.75 Å². The number of carbonyl (C=O) groups is 1. The van der Waals surface area contributed by atoms with E-state index < -0.39 is 5.97 Å². The number of nitrogens with zero attached hydrogens (tertiary/aromatic N) is 3. The molecule has 3 N–H and O–H groups in total. The number of rotatable bonds is 8. The summed E-state index contributed by atoms with van der Waals surface area (Å²) in [6.07, 6.45) is 0.977. The number of nitrogen functional groups attached to an aromatic ring is 1. The SMILES string of the molecule is CCc1ccccc1Nc1nc(N)nc(COC(=O)Cc2cccc(OC)c2)n1. The Balaban J connectivity index is 1.64. The summed E-state index contributed by atoms with van der Waals surface area (Å²) >= 11 is 0. The van der Waals surface area contributed by atoms with Gasteiger partial charge in [-0.05, 0) is 35.7 Å². The standard InChI is InChI=1S/C21H23N5O3/c1-3-15-8-4-5-10-17(15)23-21-25-18(24-20(22)26-21)13-29-19(27)12-14-7-6-9-16(11-14)28-2/h4-11H,3,12-13H2,1-2H3,(H3,22,23,24,25,26). The number of anilines is 3. The molecule has 29 heavy (non-hydrogen) atoms. The van der Waals surface area contributed by atoms with E-state index in [-0.39, 0.29) is 24.8 Å². The first kappa shape index (κ1) is 20.1. The van der Waals surface area contributed by atoms with Crippen molar-refractivity contribution in [3.8, 4) is 5.75 Å². The van der Waals surface area contributed by atoms with Gasteiger partial charge in [0.15, 0.2) is 12.4 Å².